The van der Waals surface area contributed by atoms with Crippen molar-refractivity contribution in [3.8, 4) is 5.75 Å². The van der Waals surface area contributed by atoms with Gasteiger partial charge in [-0.15, -0.1) is 0 Å². The van der Waals surface area contributed by atoms with Crippen LogP contribution in [0.1, 0.15) is 23.2 Å². The summed E-state index contributed by atoms with van der Waals surface area (Å²) in [5.74, 6) is 0.101. The van der Waals surface area contributed by atoms with Crippen LogP contribution in [0.3, 0.4) is 0 Å². The number of esters is 1. The van der Waals surface area contributed by atoms with Crippen molar-refractivity contribution in [2.45, 2.75) is 12.8 Å². The van der Waals surface area contributed by atoms with Gasteiger partial charge in [0, 0.05) is 6.54 Å². The van der Waals surface area contributed by atoms with Gasteiger partial charge in [0.15, 0.2) is 0 Å². The molecule has 0 aromatic heterocycles. The zero-order chi connectivity index (χ0) is 13.7. The Morgan fingerprint density at radius 3 is 2.79 bits per heavy atom. The summed E-state index contributed by atoms with van der Waals surface area (Å²) >= 11 is 0. The lowest BCUT2D eigenvalue weighted by Gasteiger charge is -2.15. The fraction of sp³-hybridized carbons (Fsp3) is 0.500. The molecule has 0 spiro atoms. The molecule has 0 atom stereocenters. The Balaban J connectivity index is 1.88. The quantitative estimate of drug-likeness (QED) is 0.645. The molecule has 1 aromatic rings. The highest BCUT2D eigenvalue weighted by Crippen LogP contribution is 2.25. The van der Waals surface area contributed by atoms with Gasteiger partial charge in [0.2, 0.25) is 0 Å². The third kappa shape index (κ3) is 3.38. The predicted octanol–water partition coefficient (Wildman–Crippen LogP) is 1.53. The summed E-state index contributed by atoms with van der Waals surface area (Å²) in [5.41, 5.74) is 6.54. The standard InChI is InChI=1S/C14H20N2O3/c1-18-12-6-4-5-11(13(12)15)14(17)19-10-9-16-7-2-3-8-16/h4-6H,2-3,7-10,15H2,1H3. The first kappa shape index (κ1) is 13.7. The number of para-hydroxylation sites is 1. The summed E-state index contributed by atoms with van der Waals surface area (Å²) in [4.78, 5) is 14.2. The normalized spacial score (nSPS) is 15.4. The summed E-state index contributed by atoms with van der Waals surface area (Å²) < 4.78 is 10.3. The molecule has 5 nitrogen and oxygen atoms in total. The molecule has 0 amide bonds. The molecule has 2 N–H and O–H groups in total. The molecule has 0 unspecified atom stereocenters. The van der Waals surface area contributed by atoms with Gasteiger partial charge >= 0.3 is 5.97 Å². The molecule has 2 rings (SSSR count). The molecule has 0 saturated carbocycles. The number of nitrogens with two attached hydrogens (primary N) is 1. The van der Waals surface area contributed by atoms with Crippen LogP contribution in [0.5, 0.6) is 5.75 Å². The highest BCUT2D eigenvalue weighted by molar-refractivity contribution is 5.96. The van der Waals surface area contributed by atoms with Gasteiger partial charge < -0.3 is 15.2 Å². The number of methoxy groups -OCH3 is 1. The van der Waals surface area contributed by atoms with E-state index in [0.717, 1.165) is 19.6 Å². The largest absolute Gasteiger partial charge is 0.495 e. The van der Waals surface area contributed by atoms with E-state index in [1.807, 2.05) is 0 Å². The first-order chi connectivity index (χ1) is 9.22. The third-order valence-electron chi connectivity index (χ3n) is 3.35. The number of carbonyl (C=O) groups is 1. The van der Waals surface area contributed by atoms with E-state index in [4.69, 9.17) is 15.2 Å². The minimum atomic E-state index is -0.393. The van der Waals surface area contributed by atoms with E-state index in [1.165, 1.54) is 20.0 Å². The highest BCUT2D eigenvalue weighted by Gasteiger charge is 2.16. The Kier molecular flexibility index (Phi) is 4.63. The van der Waals surface area contributed by atoms with E-state index in [-0.39, 0.29) is 0 Å². The summed E-state index contributed by atoms with van der Waals surface area (Å²) in [6, 6.07) is 5.10. The van der Waals surface area contributed by atoms with E-state index in [1.54, 1.807) is 18.2 Å². The van der Waals surface area contributed by atoms with Gasteiger partial charge in [0.05, 0.1) is 18.4 Å². The number of hydrogen-bond acceptors (Lipinski definition) is 5. The minimum Gasteiger partial charge on any atom is -0.495 e. The number of carbonyl (C=O) groups excluding carboxylic acids is 1. The van der Waals surface area contributed by atoms with Crippen LogP contribution < -0.4 is 10.5 Å². The number of anilines is 1. The van der Waals surface area contributed by atoms with Gasteiger partial charge in [-0.05, 0) is 38.1 Å². The number of rotatable bonds is 5. The van der Waals surface area contributed by atoms with E-state index >= 15 is 0 Å². The van der Waals surface area contributed by atoms with E-state index in [9.17, 15) is 4.79 Å². The van der Waals surface area contributed by atoms with Gasteiger partial charge in [-0.2, -0.15) is 0 Å². The molecule has 0 bridgehead atoms. The summed E-state index contributed by atoms with van der Waals surface area (Å²) in [7, 11) is 1.52. The average Bonchev–Trinajstić information content (AvgIpc) is 2.92. The van der Waals surface area contributed by atoms with E-state index in [0.29, 0.717) is 23.6 Å². The van der Waals surface area contributed by atoms with Crippen LogP contribution in [-0.2, 0) is 4.74 Å². The van der Waals surface area contributed by atoms with Crippen LogP contribution in [0.15, 0.2) is 18.2 Å². The van der Waals surface area contributed by atoms with Gasteiger partial charge in [0.25, 0.3) is 0 Å². The fourth-order valence-corrected chi connectivity index (χ4v) is 2.25. The molecule has 0 aliphatic carbocycles. The SMILES string of the molecule is COc1cccc(C(=O)OCCN2CCCC2)c1N. The molecule has 1 fully saturated rings. The molecule has 5 heteroatoms. The van der Waals surface area contributed by atoms with Crippen LogP contribution in [0.4, 0.5) is 5.69 Å². The van der Waals surface area contributed by atoms with Crippen molar-refractivity contribution in [1.82, 2.24) is 4.90 Å². The number of nitrogens with zero attached hydrogens (tertiary/aromatic N) is 1. The maximum atomic E-state index is 11.9. The highest BCUT2D eigenvalue weighted by atomic mass is 16.5. The van der Waals surface area contributed by atoms with Crippen molar-refractivity contribution in [2.24, 2.45) is 0 Å². The zero-order valence-electron chi connectivity index (χ0n) is 11.2. The van der Waals surface area contributed by atoms with E-state index in [2.05, 4.69) is 4.90 Å². The zero-order valence-corrected chi connectivity index (χ0v) is 11.2. The summed E-state index contributed by atoms with van der Waals surface area (Å²) in [6.07, 6.45) is 2.47. The maximum Gasteiger partial charge on any atom is 0.340 e. The summed E-state index contributed by atoms with van der Waals surface area (Å²) in [5, 5.41) is 0. The van der Waals surface area contributed by atoms with Crippen molar-refractivity contribution >= 4 is 11.7 Å². The Hall–Kier alpha value is -1.75. The fourth-order valence-electron chi connectivity index (χ4n) is 2.25. The molecule has 19 heavy (non-hydrogen) atoms. The van der Waals surface area contributed by atoms with Crippen molar-refractivity contribution in [1.29, 1.82) is 0 Å². The van der Waals surface area contributed by atoms with Crippen molar-refractivity contribution < 1.29 is 14.3 Å². The Labute approximate surface area is 113 Å². The monoisotopic (exact) mass is 264 g/mol. The second-order valence-corrected chi connectivity index (χ2v) is 4.61. The lowest BCUT2D eigenvalue weighted by atomic mass is 10.1. The summed E-state index contributed by atoms with van der Waals surface area (Å²) in [6.45, 7) is 3.38. The van der Waals surface area contributed by atoms with Crippen LogP contribution in [0.2, 0.25) is 0 Å². The van der Waals surface area contributed by atoms with Crippen LogP contribution in [-0.4, -0.2) is 44.2 Å². The van der Waals surface area contributed by atoms with Gasteiger partial charge in [-0.25, -0.2) is 4.79 Å². The predicted molar refractivity (Wildman–Crippen MR) is 73.4 cm³/mol. The van der Waals surface area contributed by atoms with Crippen molar-refractivity contribution in [2.75, 3.05) is 39.1 Å². The van der Waals surface area contributed by atoms with E-state index < -0.39 is 5.97 Å². The number of ether oxygens (including phenoxy) is 2. The second kappa shape index (κ2) is 6.43. The number of likely N-dealkylation sites (tertiary alicyclic amines) is 1. The molecular weight excluding hydrogens is 244 g/mol. The third-order valence-corrected chi connectivity index (χ3v) is 3.35. The number of benzene rings is 1. The second-order valence-electron chi connectivity index (χ2n) is 4.61. The van der Waals surface area contributed by atoms with Gasteiger partial charge in [0.1, 0.15) is 12.4 Å². The van der Waals surface area contributed by atoms with Crippen LogP contribution in [0.25, 0.3) is 0 Å². The number of nitrogen functional groups attached to an aromatic ring is 1. The lowest BCUT2D eigenvalue weighted by molar-refractivity contribution is 0.0473. The minimum absolute atomic E-state index is 0.330. The Bertz CT molecular complexity index is 442. The first-order valence-corrected chi connectivity index (χ1v) is 6.54. The Morgan fingerprint density at radius 1 is 1.37 bits per heavy atom. The van der Waals surface area contributed by atoms with Crippen LogP contribution >= 0.6 is 0 Å². The maximum absolute atomic E-state index is 11.9. The first-order valence-electron chi connectivity index (χ1n) is 6.54. The molecule has 1 heterocycles. The van der Waals surface area contributed by atoms with Gasteiger partial charge in [-0.3, -0.25) is 4.90 Å². The van der Waals surface area contributed by atoms with Gasteiger partial charge in [-0.1, -0.05) is 6.07 Å². The molecule has 104 valence electrons. The lowest BCUT2D eigenvalue weighted by Crippen LogP contribution is -2.25. The van der Waals surface area contributed by atoms with Crippen molar-refractivity contribution in [3.05, 3.63) is 23.8 Å². The average molecular weight is 264 g/mol. The van der Waals surface area contributed by atoms with Crippen molar-refractivity contribution in [3.63, 3.8) is 0 Å². The molecule has 1 aromatic carbocycles. The van der Waals surface area contributed by atoms with Crippen LogP contribution in [0, 0.1) is 0 Å². The Morgan fingerprint density at radius 2 is 2.11 bits per heavy atom. The molecular formula is C14H20N2O3. The number of hydrogen-bond donors (Lipinski definition) is 1. The molecule has 1 saturated heterocycles. The topological polar surface area (TPSA) is 64.8 Å². The molecule has 1 aliphatic rings. The molecule has 0 radical (unpaired) electrons. The smallest absolute Gasteiger partial charge is 0.340 e. The molecule has 1 aliphatic heterocycles.